The molecule has 1 rings (SSSR count). The van der Waals surface area contributed by atoms with Gasteiger partial charge in [-0.1, -0.05) is 25.5 Å². The highest BCUT2D eigenvalue weighted by Gasteiger charge is 2.09. The van der Waals surface area contributed by atoms with E-state index in [-0.39, 0.29) is 0 Å². The van der Waals surface area contributed by atoms with Crippen molar-refractivity contribution < 1.29 is 9.47 Å². The molecule has 0 amide bonds. The monoisotopic (exact) mass is 254 g/mol. The zero-order valence-electron chi connectivity index (χ0n) is 10.7. The molecule has 0 saturated carbocycles. The van der Waals surface area contributed by atoms with Crippen LogP contribution in [0.4, 0.5) is 0 Å². The first-order valence-corrected chi connectivity index (χ1v) is 6.90. The Kier molecular flexibility index (Phi) is 6.94. The van der Waals surface area contributed by atoms with E-state index in [0.29, 0.717) is 19.1 Å². The van der Waals surface area contributed by atoms with Gasteiger partial charge in [-0.05, 0) is 31.2 Å². The number of hydrogen-bond donors (Lipinski definition) is 1. The fraction of sp³-hybridized carbons (Fsp3) is 0.571. The van der Waals surface area contributed by atoms with Gasteiger partial charge in [0.25, 0.3) is 0 Å². The topological polar surface area (TPSA) is 18.5 Å². The van der Waals surface area contributed by atoms with Crippen molar-refractivity contribution in [2.75, 3.05) is 19.0 Å². The third-order valence-corrected chi connectivity index (χ3v) is 3.10. The van der Waals surface area contributed by atoms with Gasteiger partial charge >= 0.3 is 0 Å². The van der Waals surface area contributed by atoms with E-state index in [0.717, 1.165) is 23.7 Å². The maximum Gasteiger partial charge on any atom is 0.161 e. The summed E-state index contributed by atoms with van der Waals surface area (Å²) in [5, 5.41) is 0. The van der Waals surface area contributed by atoms with E-state index in [2.05, 4.69) is 19.6 Å². The third-order valence-electron chi connectivity index (χ3n) is 2.58. The number of hydrogen-bond acceptors (Lipinski definition) is 3. The van der Waals surface area contributed by atoms with Crippen molar-refractivity contribution in [3.8, 4) is 11.5 Å². The van der Waals surface area contributed by atoms with Crippen LogP contribution in [0.3, 0.4) is 0 Å². The van der Waals surface area contributed by atoms with E-state index in [1.807, 2.05) is 31.2 Å². The van der Waals surface area contributed by atoms with Crippen LogP contribution in [0, 0.1) is 5.92 Å². The Balaban J connectivity index is 2.55. The van der Waals surface area contributed by atoms with Crippen molar-refractivity contribution in [3.63, 3.8) is 0 Å². The molecule has 96 valence electrons. The second-order valence-electron chi connectivity index (χ2n) is 4.03. The molecule has 0 N–H and O–H groups in total. The van der Waals surface area contributed by atoms with Gasteiger partial charge < -0.3 is 9.47 Å². The fourth-order valence-corrected chi connectivity index (χ4v) is 1.98. The molecule has 3 heteroatoms. The lowest BCUT2D eigenvalue weighted by atomic mass is 10.1. The molecule has 0 heterocycles. The minimum absolute atomic E-state index is 0.512. The van der Waals surface area contributed by atoms with Crippen LogP contribution in [0.2, 0.25) is 0 Å². The molecule has 0 fully saturated rings. The molecule has 0 aliphatic rings. The first kappa shape index (κ1) is 14.2. The van der Waals surface area contributed by atoms with Crippen molar-refractivity contribution in [2.24, 2.45) is 5.92 Å². The van der Waals surface area contributed by atoms with E-state index in [1.165, 1.54) is 6.42 Å². The summed E-state index contributed by atoms with van der Waals surface area (Å²) in [5.74, 6) is 3.03. The first-order valence-electron chi connectivity index (χ1n) is 6.27. The van der Waals surface area contributed by atoms with Gasteiger partial charge in [0.2, 0.25) is 0 Å². The highest BCUT2D eigenvalue weighted by molar-refractivity contribution is 7.80. The van der Waals surface area contributed by atoms with Gasteiger partial charge in [0.05, 0.1) is 13.2 Å². The van der Waals surface area contributed by atoms with Crippen LogP contribution >= 0.6 is 12.6 Å². The summed E-state index contributed by atoms with van der Waals surface area (Å²) < 4.78 is 11.3. The van der Waals surface area contributed by atoms with Crippen LogP contribution in [-0.4, -0.2) is 19.0 Å². The predicted molar refractivity (Wildman–Crippen MR) is 75.4 cm³/mol. The van der Waals surface area contributed by atoms with E-state index < -0.39 is 0 Å². The summed E-state index contributed by atoms with van der Waals surface area (Å²) in [6, 6.07) is 7.81. The molecule has 17 heavy (non-hydrogen) atoms. The van der Waals surface area contributed by atoms with Gasteiger partial charge in [0, 0.05) is 5.92 Å². The van der Waals surface area contributed by atoms with Gasteiger partial charge in [-0.25, -0.2) is 0 Å². The second kappa shape index (κ2) is 8.29. The average molecular weight is 254 g/mol. The zero-order valence-corrected chi connectivity index (χ0v) is 11.6. The first-order chi connectivity index (χ1) is 8.31. The molecular weight excluding hydrogens is 232 g/mol. The summed E-state index contributed by atoms with van der Waals surface area (Å²) >= 11 is 4.35. The Morgan fingerprint density at radius 1 is 1.12 bits per heavy atom. The number of ether oxygens (including phenoxy) is 2. The molecule has 0 aromatic heterocycles. The molecule has 1 atom stereocenters. The maximum absolute atomic E-state index is 5.82. The third kappa shape index (κ3) is 4.90. The van der Waals surface area contributed by atoms with E-state index >= 15 is 0 Å². The largest absolute Gasteiger partial charge is 0.490 e. The summed E-state index contributed by atoms with van der Waals surface area (Å²) in [6.07, 6.45) is 2.32. The fourth-order valence-electron chi connectivity index (χ4n) is 1.69. The normalized spacial score (nSPS) is 12.2. The minimum Gasteiger partial charge on any atom is -0.490 e. The zero-order chi connectivity index (χ0) is 12.5. The molecular formula is C14H22O2S. The Morgan fingerprint density at radius 3 is 2.29 bits per heavy atom. The van der Waals surface area contributed by atoms with Crippen LogP contribution in [0.25, 0.3) is 0 Å². The molecule has 0 bridgehead atoms. The van der Waals surface area contributed by atoms with Crippen molar-refractivity contribution >= 4 is 12.6 Å². The Hall–Kier alpha value is -0.830. The Bertz CT molecular complexity index is 315. The van der Waals surface area contributed by atoms with Gasteiger partial charge in [0.15, 0.2) is 11.5 Å². The second-order valence-corrected chi connectivity index (χ2v) is 4.39. The number of rotatable bonds is 8. The maximum atomic E-state index is 5.82. The highest BCUT2D eigenvalue weighted by atomic mass is 32.1. The van der Waals surface area contributed by atoms with Gasteiger partial charge in [-0.2, -0.15) is 12.6 Å². The van der Waals surface area contributed by atoms with Crippen LogP contribution in [0.5, 0.6) is 11.5 Å². The molecule has 0 aliphatic carbocycles. The van der Waals surface area contributed by atoms with Crippen LogP contribution in [-0.2, 0) is 0 Å². The van der Waals surface area contributed by atoms with Crippen molar-refractivity contribution in [2.45, 2.75) is 26.7 Å². The van der Waals surface area contributed by atoms with Crippen molar-refractivity contribution in [1.82, 2.24) is 0 Å². The average Bonchev–Trinajstić information content (AvgIpc) is 2.36. The molecule has 0 saturated heterocycles. The Labute approximate surface area is 110 Å². The molecule has 1 aromatic carbocycles. The quantitative estimate of drug-likeness (QED) is 0.711. The summed E-state index contributed by atoms with van der Waals surface area (Å²) in [4.78, 5) is 0. The molecule has 2 nitrogen and oxygen atoms in total. The summed E-state index contributed by atoms with van der Waals surface area (Å²) in [6.45, 7) is 5.53. The van der Waals surface area contributed by atoms with Crippen LogP contribution in [0.1, 0.15) is 26.7 Å². The smallest absolute Gasteiger partial charge is 0.161 e. The predicted octanol–water partition coefficient (Wildman–Crippen LogP) is 3.81. The minimum atomic E-state index is 0.512. The van der Waals surface area contributed by atoms with E-state index in [9.17, 15) is 0 Å². The van der Waals surface area contributed by atoms with Gasteiger partial charge in [-0.3, -0.25) is 0 Å². The standard InChI is InChI=1S/C14H22O2S/c1-3-7-12(11-17)10-16-14-9-6-5-8-13(14)15-4-2/h5-6,8-9,12,17H,3-4,7,10-11H2,1-2H3. The highest BCUT2D eigenvalue weighted by Crippen LogP contribution is 2.27. The lowest BCUT2D eigenvalue weighted by molar-refractivity contribution is 0.236. The molecule has 1 unspecified atom stereocenters. The van der Waals surface area contributed by atoms with Crippen LogP contribution < -0.4 is 9.47 Å². The SMILES string of the molecule is CCCC(CS)COc1ccccc1OCC. The van der Waals surface area contributed by atoms with Gasteiger partial charge in [0.1, 0.15) is 0 Å². The van der Waals surface area contributed by atoms with E-state index in [4.69, 9.17) is 9.47 Å². The molecule has 0 spiro atoms. The number of thiol groups is 1. The van der Waals surface area contributed by atoms with Crippen molar-refractivity contribution in [1.29, 1.82) is 0 Å². The Morgan fingerprint density at radius 2 is 1.76 bits per heavy atom. The summed E-state index contributed by atoms with van der Waals surface area (Å²) in [5.41, 5.74) is 0. The van der Waals surface area contributed by atoms with Gasteiger partial charge in [-0.15, -0.1) is 0 Å². The summed E-state index contributed by atoms with van der Waals surface area (Å²) in [7, 11) is 0. The lowest BCUT2D eigenvalue weighted by Crippen LogP contribution is -2.14. The van der Waals surface area contributed by atoms with Crippen LogP contribution in [0.15, 0.2) is 24.3 Å². The lowest BCUT2D eigenvalue weighted by Gasteiger charge is -2.16. The molecule has 1 aromatic rings. The van der Waals surface area contributed by atoms with E-state index in [1.54, 1.807) is 0 Å². The number of benzene rings is 1. The van der Waals surface area contributed by atoms with Crippen molar-refractivity contribution in [3.05, 3.63) is 24.3 Å². The molecule has 0 aliphatic heterocycles. The molecule has 0 radical (unpaired) electrons. The number of para-hydroxylation sites is 2.